The second kappa shape index (κ2) is 7.60. The predicted molar refractivity (Wildman–Crippen MR) is 114 cm³/mol. The quantitative estimate of drug-likeness (QED) is 0.771. The van der Waals surface area contributed by atoms with Crippen LogP contribution in [0.15, 0.2) is 24.4 Å². The number of carbonyl (C=O) groups is 1. The summed E-state index contributed by atoms with van der Waals surface area (Å²) in [5, 5.41) is 12.9. The van der Waals surface area contributed by atoms with Crippen LogP contribution in [-0.2, 0) is 21.6 Å². The molecule has 5 heterocycles. The lowest BCUT2D eigenvalue weighted by Gasteiger charge is -2.48. The summed E-state index contributed by atoms with van der Waals surface area (Å²) in [6, 6.07) is 6.16. The van der Waals surface area contributed by atoms with E-state index in [0.717, 1.165) is 35.6 Å². The van der Waals surface area contributed by atoms with E-state index in [-0.39, 0.29) is 18.1 Å². The van der Waals surface area contributed by atoms with E-state index in [2.05, 4.69) is 16.4 Å². The van der Waals surface area contributed by atoms with Gasteiger partial charge in [0.1, 0.15) is 5.75 Å². The number of amides is 1. The molecule has 2 saturated heterocycles. The van der Waals surface area contributed by atoms with Crippen LogP contribution in [0.1, 0.15) is 23.3 Å². The summed E-state index contributed by atoms with van der Waals surface area (Å²) >= 11 is 1.79. The first kappa shape index (κ1) is 19.9. The number of aromatic nitrogens is 1. The van der Waals surface area contributed by atoms with Crippen LogP contribution in [0, 0.1) is 5.41 Å². The number of likely N-dealkylation sites (tertiary alicyclic amines) is 1. The molecule has 0 atom stereocenters. The number of thiophene rings is 1. The van der Waals surface area contributed by atoms with Gasteiger partial charge in [-0.3, -0.25) is 9.78 Å². The van der Waals surface area contributed by atoms with Crippen molar-refractivity contribution < 1.29 is 19.4 Å². The van der Waals surface area contributed by atoms with Gasteiger partial charge in [-0.15, -0.1) is 11.3 Å². The molecular weight excluding hydrogens is 402 g/mol. The van der Waals surface area contributed by atoms with E-state index in [9.17, 15) is 9.90 Å². The summed E-state index contributed by atoms with van der Waals surface area (Å²) in [6.07, 6.45) is 4.23. The Morgan fingerprint density at radius 2 is 2.17 bits per heavy atom. The first-order chi connectivity index (χ1) is 14.6. The molecule has 0 saturated carbocycles. The van der Waals surface area contributed by atoms with Crippen LogP contribution in [0.5, 0.6) is 5.75 Å². The molecule has 1 amide bonds. The highest BCUT2D eigenvalue weighted by Crippen LogP contribution is 2.47. The minimum absolute atomic E-state index is 0.0723. The van der Waals surface area contributed by atoms with Crippen molar-refractivity contribution in [3.8, 4) is 16.3 Å². The summed E-state index contributed by atoms with van der Waals surface area (Å²) in [7, 11) is 1.64. The normalized spacial score (nSPS) is 21.7. The SMILES string of the molecule is COc1ccc(-c2cc3c(s2)CCOC32CCN(C(=O)C3(CO)CNC3)CC2)nc1. The minimum Gasteiger partial charge on any atom is -0.495 e. The zero-order valence-corrected chi connectivity index (χ0v) is 18.0. The smallest absolute Gasteiger partial charge is 0.233 e. The number of nitrogens with zero attached hydrogens (tertiary/aromatic N) is 2. The van der Waals surface area contributed by atoms with Gasteiger partial charge in [-0.25, -0.2) is 0 Å². The van der Waals surface area contributed by atoms with Crippen molar-refractivity contribution in [1.29, 1.82) is 0 Å². The number of hydrogen-bond acceptors (Lipinski definition) is 7. The maximum Gasteiger partial charge on any atom is 0.233 e. The lowest BCUT2D eigenvalue weighted by molar-refractivity contribution is -0.156. The van der Waals surface area contributed by atoms with Crippen LogP contribution in [0.3, 0.4) is 0 Å². The molecule has 2 aromatic rings. The molecule has 2 fully saturated rings. The number of carbonyl (C=O) groups excluding carboxylic acids is 1. The molecule has 2 N–H and O–H groups in total. The molecule has 2 aromatic heterocycles. The van der Waals surface area contributed by atoms with Crippen molar-refractivity contribution >= 4 is 17.2 Å². The molecular formula is C22H27N3O4S. The molecule has 160 valence electrons. The van der Waals surface area contributed by atoms with Crippen LogP contribution in [0.2, 0.25) is 0 Å². The van der Waals surface area contributed by atoms with Crippen LogP contribution >= 0.6 is 11.3 Å². The van der Waals surface area contributed by atoms with Crippen molar-refractivity contribution in [2.45, 2.75) is 24.9 Å². The summed E-state index contributed by atoms with van der Waals surface area (Å²) in [4.78, 5) is 21.9. The second-order valence-electron chi connectivity index (χ2n) is 8.46. The Morgan fingerprint density at radius 3 is 2.77 bits per heavy atom. The fourth-order valence-corrected chi connectivity index (χ4v) is 5.98. The average Bonchev–Trinajstić information content (AvgIpc) is 3.20. The molecule has 8 heteroatoms. The van der Waals surface area contributed by atoms with Gasteiger partial charge in [0.15, 0.2) is 0 Å². The minimum atomic E-state index is -0.626. The van der Waals surface area contributed by atoms with E-state index in [1.54, 1.807) is 24.6 Å². The van der Waals surface area contributed by atoms with E-state index in [1.165, 1.54) is 10.4 Å². The van der Waals surface area contributed by atoms with Crippen LogP contribution in [-0.4, -0.2) is 67.4 Å². The predicted octanol–water partition coefficient (Wildman–Crippen LogP) is 1.79. The molecule has 3 aliphatic heterocycles. The van der Waals surface area contributed by atoms with Gasteiger partial charge in [0, 0.05) is 37.5 Å². The Morgan fingerprint density at radius 1 is 1.37 bits per heavy atom. The monoisotopic (exact) mass is 429 g/mol. The van der Waals surface area contributed by atoms with Crippen molar-refractivity contribution in [1.82, 2.24) is 15.2 Å². The molecule has 0 aromatic carbocycles. The Labute approximate surface area is 180 Å². The summed E-state index contributed by atoms with van der Waals surface area (Å²) in [5.74, 6) is 0.822. The van der Waals surface area contributed by atoms with Crippen LogP contribution < -0.4 is 10.1 Å². The highest BCUT2D eigenvalue weighted by atomic mass is 32.1. The molecule has 5 rings (SSSR count). The second-order valence-corrected chi connectivity index (χ2v) is 9.59. The van der Waals surface area contributed by atoms with Crippen LogP contribution in [0.25, 0.3) is 10.6 Å². The fourth-order valence-electron chi connectivity index (χ4n) is 4.77. The highest BCUT2D eigenvalue weighted by Gasteiger charge is 2.49. The number of ether oxygens (including phenoxy) is 2. The maximum atomic E-state index is 13.0. The summed E-state index contributed by atoms with van der Waals surface area (Å²) in [5.41, 5.74) is 1.26. The maximum absolute atomic E-state index is 13.0. The third-order valence-corrected chi connectivity index (χ3v) is 7.99. The standard InChI is InChI=1S/C22H27N3O4S/c1-28-15-2-3-17(24-11-15)19-10-16-18(30-19)4-9-29-22(16)5-7-25(8-6-22)20(27)21(14-26)12-23-13-21/h2-3,10-11,23,26H,4-9,12-14H2,1H3. The zero-order valence-electron chi connectivity index (χ0n) is 17.1. The summed E-state index contributed by atoms with van der Waals surface area (Å²) in [6.45, 7) is 3.06. The lowest BCUT2D eigenvalue weighted by Crippen LogP contribution is -2.65. The number of methoxy groups -OCH3 is 1. The van der Waals surface area contributed by atoms with Gasteiger partial charge in [0.25, 0.3) is 0 Å². The lowest BCUT2D eigenvalue weighted by atomic mass is 9.78. The van der Waals surface area contributed by atoms with Gasteiger partial charge in [0.2, 0.25) is 5.91 Å². The van der Waals surface area contributed by atoms with E-state index in [1.807, 2.05) is 17.0 Å². The fraction of sp³-hybridized carbons (Fsp3) is 0.545. The third-order valence-electron chi connectivity index (χ3n) is 6.77. The van der Waals surface area contributed by atoms with Gasteiger partial charge < -0.3 is 24.8 Å². The molecule has 0 unspecified atom stereocenters. The largest absolute Gasteiger partial charge is 0.495 e. The van der Waals surface area contributed by atoms with Crippen molar-refractivity contribution in [2.75, 3.05) is 46.5 Å². The van der Waals surface area contributed by atoms with Crippen molar-refractivity contribution in [2.24, 2.45) is 5.41 Å². The number of nitrogens with one attached hydrogen (secondary N) is 1. The average molecular weight is 430 g/mol. The van der Waals surface area contributed by atoms with E-state index < -0.39 is 5.41 Å². The van der Waals surface area contributed by atoms with Crippen LogP contribution in [0.4, 0.5) is 0 Å². The van der Waals surface area contributed by atoms with Gasteiger partial charge >= 0.3 is 0 Å². The molecule has 1 spiro atoms. The molecule has 3 aliphatic rings. The Bertz CT molecular complexity index is 925. The first-order valence-electron chi connectivity index (χ1n) is 10.5. The molecule has 30 heavy (non-hydrogen) atoms. The zero-order chi connectivity index (χ0) is 20.8. The number of aliphatic hydroxyl groups is 1. The number of aliphatic hydroxyl groups excluding tert-OH is 1. The van der Waals surface area contributed by atoms with E-state index in [4.69, 9.17) is 9.47 Å². The Hall–Kier alpha value is -2.00. The number of piperidine rings is 1. The van der Waals surface area contributed by atoms with Gasteiger partial charge in [-0.05, 0) is 36.6 Å². The van der Waals surface area contributed by atoms with Gasteiger partial charge in [-0.1, -0.05) is 0 Å². The molecule has 0 aliphatic carbocycles. The summed E-state index contributed by atoms with van der Waals surface area (Å²) < 4.78 is 11.6. The number of rotatable bonds is 4. The first-order valence-corrected chi connectivity index (χ1v) is 11.3. The number of pyridine rings is 1. The Kier molecular flexibility index (Phi) is 5.05. The molecule has 0 radical (unpaired) electrons. The van der Waals surface area contributed by atoms with E-state index in [0.29, 0.717) is 32.8 Å². The number of hydrogen-bond donors (Lipinski definition) is 2. The Balaban J connectivity index is 1.36. The van der Waals surface area contributed by atoms with Crippen molar-refractivity contribution in [3.05, 3.63) is 34.8 Å². The third kappa shape index (κ3) is 3.13. The molecule has 7 nitrogen and oxygen atoms in total. The molecule has 0 bridgehead atoms. The van der Waals surface area contributed by atoms with Gasteiger partial charge in [0.05, 0.1) is 48.1 Å². The highest BCUT2D eigenvalue weighted by molar-refractivity contribution is 7.15. The van der Waals surface area contributed by atoms with Gasteiger partial charge in [-0.2, -0.15) is 0 Å². The van der Waals surface area contributed by atoms with E-state index >= 15 is 0 Å². The number of fused-ring (bicyclic) bond motifs is 2. The topological polar surface area (TPSA) is 83.9 Å². The van der Waals surface area contributed by atoms with Crippen molar-refractivity contribution in [3.63, 3.8) is 0 Å².